The van der Waals surface area contributed by atoms with Gasteiger partial charge in [0.25, 0.3) is 0 Å². The summed E-state index contributed by atoms with van der Waals surface area (Å²) in [4.78, 5) is 22.8. The van der Waals surface area contributed by atoms with Crippen LogP contribution in [0.3, 0.4) is 0 Å². The number of carbonyl (C=O) groups is 1. The van der Waals surface area contributed by atoms with Crippen molar-refractivity contribution in [2.45, 2.75) is 53.0 Å². The molecule has 0 spiro atoms. The predicted octanol–water partition coefficient (Wildman–Crippen LogP) is 1.12. The number of aromatic nitrogens is 2. The lowest BCUT2D eigenvalue weighted by atomic mass is 10.2. The summed E-state index contributed by atoms with van der Waals surface area (Å²) in [7, 11) is 0. The smallest absolute Gasteiger partial charge is 0.226 e. The highest BCUT2D eigenvalue weighted by atomic mass is 16.5. The normalized spacial score (nSPS) is 18.0. The number of nitrogens with one attached hydrogen (secondary N) is 2. The molecule has 8 heteroatoms. The molecule has 1 unspecified atom stereocenters. The standard InChI is InChI=1S/C17H30N6O2/c1-5-18-17(19-9-6-7-15-20-13(4)22-25-15)21-14-8-10-23(11-14)16(24)12(2)3/h12,14H,5-11H2,1-4H3,(H2,18,19,21). The molecule has 0 radical (unpaired) electrons. The van der Waals surface area contributed by atoms with E-state index in [1.165, 1.54) is 0 Å². The highest BCUT2D eigenvalue weighted by Gasteiger charge is 2.27. The molecule has 140 valence electrons. The molecule has 1 amide bonds. The van der Waals surface area contributed by atoms with E-state index in [1.54, 1.807) is 0 Å². The van der Waals surface area contributed by atoms with Crippen LogP contribution in [-0.4, -0.2) is 59.1 Å². The van der Waals surface area contributed by atoms with Crippen LogP contribution >= 0.6 is 0 Å². The van der Waals surface area contributed by atoms with Crippen molar-refractivity contribution in [3.05, 3.63) is 11.7 Å². The van der Waals surface area contributed by atoms with Gasteiger partial charge in [-0.2, -0.15) is 4.98 Å². The predicted molar refractivity (Wildman–Crippen MR) is 96.3 cm³/mol. The van der Waals surface area contributed by atoms with Gasteiger partial charge < -0.3 is 20.1 Å². The lowest BCUT2D eigenvalue weighted by Gasteiger charge is -2.20. The maximum atomic E-state index is 12.1. The Morgan fingerprint density at radius 1 is 1.48 bits per heavy atom. The zero-order valence-corrected chi connectivity index (χ0v) is 15.7. The fourth-order valence-corrected chi connectivity index (χ4v) is 2.82. The zero-order chi connectivity index (χ0) is 18.2. The Morgan fingerprint density at radius 2 is 2.28 bits per heavy atom. The SMILES string of the molecule is CCNC(=NCCCc1nc(C)no1)NC1CCN(C(=O)C(C)C)C1. The minimum Gasteiger partial charge on any atom is -0.357 e. The van der Waals surface area contributed by atoms with Gasteiger partial charge in [0.1, 0.15) is 0 Å². The van der Waals surface area contributed by atoms with Gasteiger partial charge in [-0.05, 0) is 26.7 Å². The van der Waals surface area contributed by atoms with Crippen LogP contribution < -0.4 is 10.6 Å². The van der Waals surface area contributed by atoms with Crippen LogP contribution in [0.15, 0.2) is 9.52 Å². The van der Waals surface area contributed by atoms with E-state index >= 15 is 0 Å². The van der Waals surface area contributed by atoms with Crippen molar-refractivity contribution < 1.29 is 9.32 Å². The Kier molecular flexibility index (Phi) is 7.21. The summed E-state index contributed by atoms with van der Waals surface area (Å²) in [6.45, 7) is 10.8. The van der Waals surface area contributed by atoms with Gasteiger partial charge in [0.2, 0.25) is 11.8 Å². The van der Waals surface area contributed by atoms with E-state index in [4.69, 9.17) is 4.52 Å². The van der Waals surface area contributed by atoms with Crippen molar-refractivity contribution in [1.29, 1.82) is 0 Å². The molecule has 1 aliphatic rings. The van der Waals surface area contributed by atoms with E-state index in [0.717, 1.165) is 44.9 Å². The summed E-state index contributed by atoms with van der Waals surface area (Å²) in [6.07, 6.45) is 2.52. The van der Waals surface area contributed by atoms with Crippen LogP contribution in [0, 0.1) is 12.8 Å². The summed E-state index contributed by atoms with van der Waals surface area (Å²) < 4.78 is 5.10. The molecular formula is C17H30N6O2. The van der Waals surface area contributed by atoms with Crippen molar-refractivity contribution in [2.75, 3.05) is 26.2 Å². The van der Waals surface area contributed by atoms with Crippen molar-refractivity contribution in [3.63, 3.8) is 0 Å². The Bertz CT molecular complexity index is 583. The monoisotopic (exact) mass is 350 g/mol. The second kappa shape index (κ2) is 9.39. The lowest BCUT2D eigenvalue weighted by Crippen LogP contribution is -2.45. The molecule has 0 bridgehead atoms. The first-order valence-electron chi connectivity index (χ1n) is 9.12. The number of nitrogens with zero attached hydrogens (tertiary/aromatic N) is 4. The average molecular weight is 350 g/mol. The molecule has 1 aromatic rings. The molecule has 0 saturated carbocycles. The summed E-state index contributed by atoms with van der Waals surface area (Å²) in [5.41, 5.74) is 0. The number of likely N-dealkylation sites (tertiary alicyclic amines) is 1. The molecule has 2 N–H and O–H groups in total. The van der Waals surface area contributed by atoms with Gasteiger partial charge in [-0.1, -0.05) is 19.0 Å². The summed E-state index contributed by atoms with van der Waals surface area (Å²) >= 11 is 0. The molecule has 25 heavy (non-hydrogen) atoms. The van der Waals surface area contributed by atoms with E-state index in [2.05, 4.69) is 25.8 Å². The third-order valence-electron chi connectivity index (χ3n) is 4.07. The first kappa shape index (κ1) is 19.2. The van der Waals surface area contributed by atoms with Gasteiger partial charge in [-0.15, -0.1) is 0 Å². The Balaban J connectivity index is 1.78. The number of carbonyl (C=O) groups excluding carboxylic acids is 1. The molecular weight excluding hydrogens is 320 g/mol. The molecule has 2 rings (SSSR count). The average Bonchev–Trinajstić information content (AvgIpc) is 3.20. The van der Waals surface area contributed by atoms with Crippen LogP contribution in [0.4, 0.5) is 0 Å². The van der Waals surface area contributed by atoms with E-state index in [9.17, 15) is 4.79 Å². The highest BCUT2D eigenvalue weighted by Crippen LogP contribution is 2.12. The summed E-state index contributed by atoms with van der Waals surface area (Å²) in [5.74, 6) is 2.39. The van der Waals surface area contributed by atoms with E-state index in [-0.39, 0.29) is 17.9 Å². The van der Waals surface area contributed by atoms with Crippen LogP contribution in [0.1, 0.15) is 45.3 Å². The van der Waals surface area contributed by atoms with Crippen molar-refractivity contribution >= 4 is 11.9 Å². The highest BCUT2D eigenvalue weighted by molar-refractivity contribution is 5.81. The zero-order valence-electron chi connectivity index (χ0n) is 15.7. The second-order valence-corrected chi connectivity index (χ2v) is 6.67. The fourth-order valence-electron chi connectivity index (χ4n) is 2.82. The van der Waals surface area contributed by atoms with Crippen LogP contribution in [0.5, 0.6) is 0 Å². The topological polar surface area (TPSA) is 95.7 Å². The molecule has 1 aliphatic heterocycles. The van der Waals surface area contributed by atoms with Gasteiger partial charge in [-0.3, -0.25) is 9.79 Å². The van der Waals surface area contributed by atoms with Gasteiger partial charge >= 0.3 is 0 Å². The second-order valence-electron chi connectivity index (χ2n) is 6.67. The molecule has 1 fully saturated rings. The molecule has 8 nitrogen and oxygen atoms in total. The first-order valence-corrected chi connectivity index (χ1v) is 9.12. The molecule has 0 aromatic carbocycles. The minimum absolute atomic E-state index is 0.0500. The number of hydrogen-bond donors (Lipinski definition) is 2. The third-order valence-corrected chi connectivity index (χ3v) is 4.07. The van der Waals surface area contributed by atoms with Gasteiger partial charge in [-0.25, -0.2) is 0 Å². The Hall–Kier alpha value is -2.12. The van der Waals surface area contributed by atoms with Crippen LogP contribution in [0.2, 0.25) is 0 Å². The van der Waals surface area contributed by atoms with Crippen LogP contribution in [-0.2, 0) is 11.2 Å². The third kappa shape index (κ3) is 6.03. The van der Waals surface area contributed by atoms with Crippen molar-refractivity contribution in [1.82, 2.24) is 25.7 Å². The molecule has 2 heterocycles. The summed E-state index contributed by atoms with van der Waals surface area (Å²) in [6, 6.07) is 0.249. The van der Waals surface area contributed by atoms with Crippen molar-refractivity contribution in [3.8, 4) is 0 Å². The van der Waals surface area contributed by atoms with Gasteiger partial charge in [0.15, 0.2) is 11.8 Å². The van der Waals surface area contributed by atoms with E-state index < -0.39 is 0 Å². The molecule has 1 aromatic heterocycles. The lowest BCUT2D eigenvalue weighted by molar-refractivity contribution is -0.133. The molecule has 1 saturated heterocycles. The van der Waals surface area contributed by atoms with Gasteiger partial charge in [0, 0.05) is 44.6 Å². The number of amides is 1. The number of hydrogen-bond acceptors (Lipinski definition) is 5. The number of guanidine groups is 1. The van der Waals surface area contributed by atoms with Gasteiger partial charge in [0.05, 0.1) is 0 Å². The van der Waals surface area contributed by atoms with E-state index in [0.29, 0.717) is 18.3 Å². The summed E-state index contributed by atoms with van der Waals surface area (Å²) in [5, 5.41) is 10.5. The quantitative estimate of drug-likeness (QED) is 0.435. The number of aliphatic imine (C=N–C) groups is 1. The first-order chi connectivity index (χ1) is 12.0. The largest absolute Gasteiger partial charge is 0.357 e. The Labute approximate surface area is 149 Å². The minimum atomic E-state index is 0.0500. The molecule has 1 atom stereocenters. The van der Waals surface area contributed by atoms with Crippen molar-refractivity contribution in [2.24, 2.45) is 10.9 Å². The Morgan fingerprint density at radius 3 is 2.92 bits per heavy atom. The van der Waals surface area contributed by atoms with E-state index in [1.807, 2.05) is 32.6 Å². The maximum absolute atomic E-state index is 12.1. The van der Waals surface area contributed by atoms with Crippen LogP contribution in [0.25, 0.3) is 0 Å². The fraction of sp³-hybridized carbons (Fsp3) is 0.765. The number of aryl methyl sites for hydroxylation is 2. The number of rotatable bonds is 7. The molecule has 0 aliphatic carbocycles. The maximum Gasteiger partial charge on any atom is 0.226 e.